The Labute approximate surface area is 86.6 Å². The summed E-state index contributed by atoms with van der Waals surface area (Å²) in [4.78, 5) is 25.5. The summed E-state index contributed by atoms with van der Waals surface area (Å²) < 4.78 is 0. The van der Waals surface area contributed by atoms with Gasteiger partial charge in [-0.3, -0.25) is 9.63 Å². The lowest BCUT2D eigenvalue weighted by molar-refractivity contribution is -0.310. The van der Waals surface area contributed by atoms with Crippen molar-refractivity contribution in [3.8, 4) is 0 Å². The molecule has 0 aliphatic carbocycles. The summed E-state index contributed by atoms with van der Waals surface area (Å²) in [6, 6.07) is 9.04. The van der Waals surface area contributed by atoms with Gasteiger partial charge in [-0.15, -0.1) is 0 Å². The molecule has 0 fully saturated rings. The molecule has 0 atom stereocenters. The zero-order valence-corrected chi connectivity index (χ0v) is 7.93. The number of nitrogens with one attached hydrogen (secondary N) is 1. The Morgan fingerprint density at radius 1 is 1.27 bits per heavy atom. The maximum absolute atomic E-state index is 11.1. The minimum Gasteiger partial charge on any atom is -0.548 e. The van der Waals surface area contributed by atoms with Gasteiger partial charge in [0.25, 0.3) is 0 Å². The number of rotatable bonds is 5. The van der Waals surface area contributed by atoms with Crippen molar-refractivity contribution in [3.63, 3.8) is 0 Å². The molecule has 80 valence electrons. The summed E-state index contributed by atoms with van der Waals surface area (Å²) in [7, 11) is 0. The highest BCUT2D eigenvalue weighted by Crippen LogP contribution is 1.98. The smallest absolute Gasteiger partial charge is 0.247 e. The molecule has 0 aromatic heterocycles. The number of carbonyl (C=O) groups is 2. The molecule has 0 saturated heterocycles. The van der Waals surface area contributed by atoms with E-state index in [4.69, 9.17) is 0 Å². The summed E-state index contributed by atoms with van der Waals surface area (Å²) >= 11 is 0. The van der Waals surface area contributed by atoms with E-state index in [1.807, 2.05) is 23.7 Å². The number of hydrogen-bond acceptors (Lipinski definition) is 4. The van der Waals surface area contributed by atoms with Crippen molar-refractivity contribution >= 4 is 11.9 Å². The summed E-state index contributed by atoms with van der Waals surface area (Å²) in [5.74, 6) is -1.78. The molecule has 15 heavy (non-hydrogen) atoms. The monoisotopic (exact) mass is 208 g/mol. The number of carboxylic acid groups (broad SMARTS) is 1. The van der Waals surface area contributed by atoms with E-state index in [9.17, 15) is 14.7 Å². The van der Waals surface area contributed by atoms with Gasteiger partial charge < -0.3 is 9.90 Å². The van der Waals surface area contributed by atoms with Crippen LogP contribution in [0.2, 0.25) is 0 Å². The second-order valence-corrected chi connectivity index (χ2v) is 2.85. The number of hydroxylamine groups is 1. The molecule has 0 saturated carbocycles. The SMILES string of the molecule is O=C([O-])CONC(=O)Cc1ccccc1. The van der Waals surface area contributed by atoms with E-state index in [0.717, 1.165) is 5.56 Å². The lowest BCUT2D eigenvalue weighted by Gasteiger charge is -2.05. The Morgan fingerprint density at radius 2 is 1.93 bits per heavy atom. The molecule has 5 heteroatoms. The van der Waals surface area contributed by atoms with Crippen LogP contribution in [-0.4, -0.2) is 18.5 Å². The van der Waals surface area contributed by atoms with Crippen LogP contribution in [0.15, 0.2) is 30.3 Å². The van der Waals surface area contributed by atoms with Gasteiger partial charge in [0.2, 0.25) is 5.91 Å². The fourth-order valence-corrected chi connectivity index (χ4v) is 0.993. The van der Waals surface area contributed by atoms with Crippen molar-refractivity contribution in [1.82, 2.24) is 5.48 Å². The highest BCUT2D eigenvalue weighted by Gasteiger charge is 2.01. The van der Waals surface area contributed by atoms with Gasteiger partial charge in [-0.25, -0.2) is 5.48 Å². The second-order valence-electron chi connectivity index (χ2n) is 2.85. The topological polar surface area (TPSA) is 78.5 Å². The van der Waals surface area contributed by atoms with Gasteiger partial charge in [0.05, 0.1) is 12.4 Å². The molecule has 1 aromatic rings. The summed E-state index contributed by atoms with van der Waals surface area (Å²) in [6.45, 7) is -0.652. The quantitative estimate of drug-likeness (QED) is 0.631. The van der Waals surface area contributed by atoms with Crippen molar-refractivity contribution < 1.29 is 19.5 Å². The number of aliphatic carboxylic acids is 1. The Morgan fingerprint density at radius 3 is 2.53 bits per heavy atom. The predicted molar refractivity (Wildman–Crippen MR) is 49.2 cm³/mol. The van der Waals surface area contributed by atoms with Crippen molar-refractivity contribution in [2.24, 2.45) is 0 Å². The van der Waals surface area contributed by atoms with Gasteiger partial charge >= 0.3 is 0 Å². The number of benzene rings is 1. The van der Waals surface area contributed by atoms with E-state index < -0.39 is 18.5 Å². The van der Waals surface area contributed by atoms with Crippen LogP contribution in [0.5, 0.6) is 0 Å². The second kappa shape index (κ2) is 5.77. The van der Waals surface area contributed by atoms with E-state index in [1.165, 1.54) is 0 Å². The van der Waals surface area contributed by atoms with Gasteiger partial charge in [-0.05, 0) is 5.56 Å². The van der Waals surface area contributed by atoms with Crippen LogP contribution < -0.4 is 10.6 Å². The third-order valence-electron chi connectivity index (χ3n) is 1.58. The molecule has 0 unspecified atom stereocenters. The average molecular weight is 208 g/mol. The summed E-state index contributed by atoms with van der Waals surface area (Å²) in [6.07, 6.45) is 0.147. The van der Waals surface area contributed by atoms with Gasteiger partial charge in [-0.1, -0.05) is 30.3 Å². The van der Waals surface area contributed by atoms with Crippen LogP contribution in [0.3, 0.4) is 0 Å². The molecule has 0 bridgehead atoms. The molecule has 5 nitrogen and oxygen atoms in total. The molecule has 0 aliphatic rings. The van der Waals surface area contributed by atoms with Gasteiger partial charge in [0.1, 0.15) is 6.61 Å². The zero-order chi connectivity index (χ0) is 11.1. The Hall–Kier alpha value is -1.88. The van der Waals surface area contributed by atoms with Crippen LogP contribution in [0.1, 0.15) is 5.56 Å². The normalized spacial score (nSPS) is 9.60. The number of carboxylic acids is 1. The standard InChI is InChI=1S/C10H11NO4/c12-9(11-15-7-10(13)14)6-8-4-2-1-3-5-8/h1-5H,6-7H2,(H,11,12)(H,13,14)/p-1. The van der Waals surface area contributed by atoms with Crippen molar-refractivity contribution in [1.29, 1.82) is 0 Å². The van der Waals surface area contributed by atoms with Crippen molar-refractivity contribution in [3.05, 3.63) is 35.9 Å². The first kappa shape index (κ1) is 11.2. The molecular formula is C10H10NO4-. The zero-order valence-electron chi connectivity index (χ0n) is 7.93. The maximum atomic E-state index is 11.1. The van der Waals surface area contributed by atoms with Gasteiger partial charge in [0.15, 0.2) is 0 Å². The largest absolute Gasteiger partial charge is 0.548 e. The van der Waals surface area contributed by atoms with Crippen LogP contribution in [-0.2, 0) is 20.8 Å². The Balaban J connectivity index is 2.28. The molecular weight excluding hydrogens is 198 g/mol. The van der Waals surface area contributed by atoms with E-state index in [-0.39, 0.29) is 6.42 Å². The molecule has 1 rings (SSSR count). The minimum atomic E-state index is -1.38. The average Bonchev–Trinajstić information content (AvgIpc) is 2.18. The molecule has 0 spiro atoms. The maximum Gasteiger partial charge on any atom is 0.247 e. The molecule has 1 N–H and O–H groups in total. The van der Waals surface area contributed by atoms with E-state index in [2.05, 4.69) is 4.84 Å². The van der Waals surface area contributed by atoms with Gasteiger partial charge in [-0.2, -0.15) is 0 Å². The third kappa shape index (κ3) is 4.78. The lowest BCUT2D eigenvalue weighted by Crippen LogP contribution is -2.33. The Kier molecular flexibility index (Phi) is 4.30. The van der Waals surface area contributed by atoms with E-state index >= 15 is 0 Å². The number of amides is 1. The molecule has 1 amide bonds. The Bertz CT molecular complexity index is 337. The summed E-state index contributed by atoms with van der Waals surface area (Å²) in [5.41, 5.74) is 2.83. The van der Waals surface area contributed by atoms with Gasteiger partial charge in [0, 0.05) is 0 Å². The van der Waals surface area contributed by atoms with Crippen LogP contribution >= 0.6 is 0 Å². The first-order valence-electron chi connectivity index (χ1n) is 4.33. The van der Waals surface area contributed by atoms with Crippen molar-refractivity contribution in [2.75, 3.05) is 6.61 Å². The van der Waals surface area contributed by atoms with E-state index in [0.29, 0.717) is 0 Å². The molecule has 0 heterocycles. The van der Waals surface area contributed by atoms with E-state index in [1.54, 1.807) is 12.1 Å². The van der Waals surface area contributed by atoms with Crippen LogP contribution in [0, 0.1) is 0 Å². The first-order chi connectivity index (χ1) is 7.18. The lowest BCUT2D eigenvalue weighted by atomic mass is 10.1. The fourth-order valence-electron chi connectivity index (χ4n) is 0.993. The minimum absolute atomic E-state index is 0.147. The predicted octanol–water partition coefficient (Wildman–Crippen LogP) is -0.973. The highest BCUT2D eigenvalue weighted by atomic mass is 16.7. The molecule has 1 aromatic carbocycles. The fraction of sp³-hybridized carbons (Fsp3) is 0.200. The first-order valence-corrected chi connectivity index (χ1v) is 4.33. The van der Waals surface area contributed by atoms with Crippen LogP contribution in [0.4, 0.5) is 0 Å². The highest BCUT2D eigenvalue weighted by molar-refractivity contribution is 5.77. The van der Waals surface area contributed by atoms with Crippen molar-refractivity contribution in [2.45, 2.75) is 6.42 Å². The van der Waals surface area contributed by atoms with Crippen LogP contribution in [0.25, 0.3) is 0 Å². The number of hydrogen-bond donors (Lipinski definition) is 1. The molecule has 0 radical (unpaired) electrons. The summed E-state index contributed by atoms with van der Waals surface area (Å²) in [5, 5.41) is 9.95. The number of carbonyl (C=O) groups excluding carboxylic acids is 2. The third-order valence-corrected chi connectivity index (χ3v) is 1.58. The molecule has 0 aliphatic heterocycles.